The molecule has 2 unspecified atom stereocenters. The van der Waals surface area contributed by atoms with Crippen LogP contribution < -0.4 is 0 Å². The van der Waals surface area contributed by atoms with Gasteiger partial charge in [-0.2, -0.15) is 0 Å². The van der Waals surface area contributed by atoms with Crippen molar-refractivity contribution in [3.05, 3.63) is 0 Å². The summed E-state index contributed by atoms with van der Waals surface area (Å²) in [4.78, 5) is 10.7. The van der Waals surface area contributed by atoms with E-state index in [1.165, 1.54) is 0 Å². The quantitative estimate of drug-likeness (QED) is 0.394. The van der Waals surface area contributed by atoms with Gasteiger partial charge in [0.15, 0.2) is 6.29 Å². The first kappa shape index (κ1) is 16.7. The molecule has 1 saturated heterocycles. The summed E-state index contributed by atoms with van der Waals surface area (Å²) in [7, 11) is -1.55. The second kappa shape index (κ2) is 6.87. The van der Waals surface area contributed by atoms with Crippen molar-refractivity contribution in [2.45, 2.75) is 30.5 Å². The second-order valence-electron chi connectivity index (χ2n) is 3.86. The fourth-order valence-electron chi connectivity index (χ4n) is 1.57. The molecule has 10 heteroatoms. The molecule has 1 fully saturated rings. The number of carbonyl (C=O) groups excluding carboxylic acids is 1. The van der Waals surface area contributed by atoms with Gasteiger partial charge in [0.25, 0.3) is 0 Å². The molecule has 1 aliphatic heterocycles. The number of hydrogen-bond donors (Lipinski definition) is 3. The minimum Gasteiger partial charge on any atom is -0.388 e. The zero-order valence-electron chi connectivity index (χ0n) is 10.4. The Morgan fingerprint density at radius 3 is 2.21 bits per heavy atom. The molecule has 112 valence electrons. The zero-order chi connectivity index (χ0) is 14.6. The third kappa shape index (κ3) is 3.80. The summed E-state index contributed by atoms with van der Waals surface area (Å²) in [5.74, 6) is 0. The molecule has 5 atom stereocenters. The van der Waals surface area contributed by atoms with Crippen LogP contribution in [0.3, 0.4) is 0 Å². The summed E-state index contributed by atoms with van der Waals surface area (Å²) in [5.41, 5.74) is 0. The summed E-state index contributed by atoms with van der Waals surface area (Å²) < 4.78 is 30.5. The molecule has 0 aliphatic carbocycles. The Bertz CT molecular complexity index is 341. The number of aliphatic hydroxyl groups is 3. The van der Waals surface area contributed by atoms with E-state index in [0.717, 1.165) is 14.2 Å². The molecular weight excluding hydrogens is 283 g/mol. The largest absolute Gasteiger partial charge is 0.474 e. The summed E-state index contributed by atoms with van der Waals surface area (Å²) >= 11 is 0. The van der Waals surface area contributed by atoms with Crippen LogP contribution in [0.25, 0.3) is 0 Å². The summed E-state index contributed by atoms with van der Waals surface area (Å²) in [5, 5.41) is 28.6. The number of phosphoric ester groups is 1. The van der Waals surface area contributed by atoms with Crippen LogP contribution in [0, 0.1) is 0 Å². The van der Waals surface area contributed by atoms with Crippen LogP contribution in [0.1, 0.15) is 0 Å². The fourth-order valence-corrected chi connectivity index (χ4v) is 2.26. The standard InChI is InChI=1S/C9H17O9P/c1-15-19(14,16-2)17-4-6-8(12)9(13)7(11)5(3-10)18-6/h3,5-9,11-13H,4H2,1-2H3/t5-,6?,7?,8-,9+/m0/s1. The molecule has 9 nitrogen and oxygen atoms in total. The van der Waals surface area contributed by atoms with Crippen molar-refractivity contribution in [2.75, 3.05) is 20.8 Å². The van der Waals surface area contributed by atoms with E-state index in [4.69, 9.17) is 9.26 Å². The predicted molar refractivity (Wildman–Crippen MR) is 60.3 cm³/mol. The molecule has 0 saturated carbocycles. The van der Waals surface area contributed by atoms with Crippen molar-refractivity contribution in [1.29, 1.82) is 0 Å². The second-order valence-corrected chi connectivity index (χ2v) is 5.74. The lowest BCUT2D eigenvalue weighted by Gasteiger charge is -2.38. The Morgan fingerprint density at radius 1 is 1.16 bits per heavy atom. The van der Waals surface area contributed by atoms with Gasteiger partial charge in [-0.3, -0.25) is 13.6 Å². The first-order valence-electron chi connectivity index (χ1n) is 5.39. The normalized spacial score (nSPS) is 36.2. The molecule has 19 heavy (non-hydrogen) atoms. The summed E-state index contributed by atoms with van der Waals surface area (Å²) in [6.07, 6.45) is -6.81. The molecule has 1 rings (SSSR count). The minimum atomic E-state index is -3.76. The number of aldehydes is 1. The molecule has 0 radical (unpaired) electrons. The molecule has 0 bridgehead atoms. The van der Waals surface area contributed by atoms with Crippen LogP contribution in [0.4, 0.5) is 0 Å². The van der Waals surface area contributed by atoms with E-state index in [-0.39, 0.29) is 0 Å². The monoisotopic (exact) mass is 300 g/mol. The summed E-state index contributed by atoms with van der Waals surface area (Å²) in [6.45, 7) is -0.450. The lowest BCUT2D eigenvalue weighted by atomic mass is 9.96. The van der Waals surface area contributed by atoms with Crippen molar-refractivity contribution in [3.8, 4) is 0 Å². The van der Waals surface area contributed by atoms with Crippen molar-refractivity contribution in [2.24, 2.45) is 0 Å². The van der Waals surface area contributed by atoms with Crippen LogP contribution in [0.15, 0.2) is 0 Å². The first-order valence-corrected chi connectivity index (χ1v) is 6.85. The fraction of sp³-hybridized carbons (Fsp3) is 0.889. The molecule has 0 amide bonds. The number of carbonyl (C=O) groups is 1. The number of phosphoric acid groups is 1. The van der Waals surface area contributed by atoms with E-state index in [1.807, 2.05) is 0 Å². The highest BCUT2D eigenvalue weighted by Crippen LogP contribution is 2.47. The maximum atomic E-state index is 11.6. The highest BCUT2D eigenvalue weighted by molar-refractivity contribution is 7.48. The SMILES string of the molecule is COP(=O)(OC)OCC1O[C@@H](C=O)C(O)[C@@H](O)[C@H]1O. The lowest BCUT2D eigenvalue weighted by Crippen LogP contribution is -2.59. The van der Waals surface area contributed by atoms with E-state index in [2.05, 4.69) is 9.05 Å². The number of rotatable bonds is 6. The Kier molecular flexibility index (Phi) is 6.03. The maximum Gasteiger partial charge on any atom is 0.474 e. The lowest BCUT2D eigenvalue weighted by molar-refractivity contribution is -0.220. The predicted octanol–water partition coefficient (Wildman–Crippen LogP) is -1.55. The van der Waals surface area contributed by atoms with Gasteiger partial charge in [-0.25, -0.2) is 4.57 Å². The number of hydrogen-bond acceptors (Lipinski definition) is 9. The number of aliphatic hydroxyl groups excluding tert-OH is 3. The third-order valence-electron chi connectivity index (χ3n) is 2.73. The summed E-state index contributed by atoms with van der Waals surface area (Å²) in [6, 6.07) is 0. The number of ether oxygens (including phenoxy) is 1. The topological polar surface area (TPSA) is 132 Å². The first-order chi connectivity index (χ1) is 8.88. The Balaban J connectivity index is 2.67. The molecule has 0 spiro atoms. The van der Waals surface area contributed by atoms with Gasteiger partial charge >= 0.3 is 7.82 Å². The van der Waals surface area contributed by atoms with Crippen LogP contribution >= 0.6 is 7.82 Å². The smallest absolute Gasteiger partial charge is 0.388 e. The average molecular weight is 300 g/mol. The van der Waals surface area contributed by atoms with Gasteiger partial charge in [-0.1, -0.05) is 0 Å². The zero-order valence-corrected chi connectivity index (χ0v) is 11.3. The molecule has 0 aromatic rings. The van der Waals surface area contributed by atoms with E-state index in [0.29, 0.717) is 6.29 Å². The maximum absolute atomic E-state index is 11.6. The van der Waals surface area contributed by atoms with E-state index < -0.39 is 44.9 Å². The van der Waals surface area contributed by atoms with Gasteiger partial charge in [-0.05, 0) is 0 Å². The molecule has 3 N–H and O–H groups in total. The van der Waals surface area contributed by atoms with Gasteiger partial charge in [0.1, 0.15) is 30.5 Å². The Morgan fingerprint density at radius 2 is 1.74 bits per heavy atom. The van der Waals surface area contributed by atoms with E-state index in [9.17, 15) is 24.7 Å². The molecule has 1 aliphatic rings. The van der Waals surface area contributed by atoms with Gasteiger partial charge in [0.05, 0.1) is 6.61 Å². The average Bonchev–Trinajstić information content (AvgIpc) is 2.43. The molecule has 0 aromatic heterocycles. The van der Waals surface area contributed by atoms with E-state index >= 15 is 0 Å². The van der Waals surface area contributed by atoms with Gasteiger partial charge in [0.2, 0.25) is 0 Å². The van der Waals surface area contributed by atoms with Gasteiger partial charge in [0, 0.05) is 14.2 Å². The third-order valence-corrected chi connectivity index (χ3v) is 4.09. The highest BCUT2D eigenvalue weighted by atomic mass is 31.2. The van der Waals surface area contributed by atoms with Crippen molar-refractivity contribution in [3.63, 3.8) is 0 Å². The van der Waals surface area contributed by atoms with E-state index in [1.54, 1.807) is 0 Å². The molecular formula is C9H17O9P. The van der Waals surface area contributed by atoms with Crippen LogP contribution in [-0.4, -0.2) is 73.0 Å². The van der Waals surface area contributed by atoms with Crippen molar-refractivity contribution < 1.29 is 43.0 Å². The minimum absolute atomic E-state index is 0.291. The van der Waals surface area contributed by atoms with Gasteiger partial charge in [-0.15, -0.1) is 0 Å². The van der Waals surface area contributed by atoms with Crippen molar-refractivity contribution >= 4 is 14.1 Å². The highest BCUT2D eigenvalue weighted by Gasteiger charge is 2.44. The van der Waals surface area contributed by atoms with Crippen LogP contribution in [0.5, 0.6) is 0 Å². The molecule has 1 heterocycles. The Labute approximate surface area is 109 Å². The molecule has 0 aromatic carbocycles. The van der Waals surface area contributed by atoms with Gasteiger partial charge < -0.3 is 24.9 Å². The van der Waals surface area contributed by atoms with Crippen LogP contribution in [-0.2, 0) is 27.7 Å². The van der Waals surface area contributed by atoms with Crippen molar-refractivity contribution in [1.82, 2.24) is 0 Å². The Hall–Kier alpha value is -0.380. The van der Waals surface area contributed by atoms with Crippen LogP contribution in [0.2, 0.25) is 0 Å².